The molecule has 0 saturated carbocycles. The number of carbonyl (C=O) groups excluding carboxylic acids is 3. The Kier molecular flexibility index (Phi) is 22.4. The molecule has 0 unspecified atom stereocenters. The summed E-state index contributed by atoms with van der Waals surface area (Å²) < 4.78 is 16.8. The van der Waals surface area contributed by atoms with E-state index in [1.54, 1.807) is 12.4 Å². The highest BCUT2D eigenvalue weighted by molar-refractivity contribution is 5.86. The Morgan fingerprint density at radius 2 is 1.03 bits per heavy atom. The number of fused-ring (bicyclic) bond motifs is 2. The number of nitrogens with zero attached hydrogens (tertiary/aromatic N) is 2. The van der Waals surface area contributed by atoms with E-state index in [1.165, 1.54) is 25.9 Å². The van der Waals surface area contributed by atoms with E-state index < -0.39 is 11.7 Å². The molecule has 5 N–H and O–H groups in total. The number of aromatic nitrogens is 4. The Hall–Kier alpha value is -4.74. The third-order valence-electron chi connectivity index (χ3n) is 9.07. The first-order valence-electron chi connectivity index (χ1n) is 20.3. The minimum absolute atomic E-state index is 0. The number of Topliss-reactive ketones (excluding diaryl/α,β-unsaturated/α-hetero) is 2. The first-order valence-corrected chi connectivity index (χ1v) is 18.3. The smallest absolute Gasteiger partial charge is 0.407 e. The number of aromatic amines is 2. The second-order valence-electron chi connectivity index (χ2n) is 14.1. The molecule has 13 heteroatoms. The topological polar surface area (TPSA) is 156 Å². The average molecular weight is 858 g/mol. The van der Waals surface area contributed by atoms with Crippen molar-refractivity contribution in [2.75, 3.05) is 0 Å². The van der Waals surface area contributed by atoms with Crippen LogP contribution in [0.5, 0.6) is 0 Å². The Balaban J connectivity index is 0.00000105. The third kappa shape index (κ3) is 16.3. The van der Waals surface area contributed by atoms with Gasteiger partial charge in [0.25, 0.3) is 0 Å². The van der Waals surface area contributed by atoms with E-state index in [0.29, 0.717) is 51.6 Å². The van der Waals surface area contributed by atoms with Crippen molar-refractivity contribution in [2.24, 2.45) is 5.73 Å². The van der Waals surface area contributed by atoms with Crippen LogP contribution in [0.2, 0.25) is 0 Å². The van der Waals surface area contributed by atoms with Gasteiger partial charge in [0.2, 0.25) is 0 Å². The van der Waals surface area contributed by atoms with Gasteiger partial charge >= 0.3 is 6.09 Å². The number of amides is 1. The highest BCUT2D eigenvalue weighted by Gasteiger charge is 2.16. The maximum absolute atomic E-state index is 12.5. The number of carbonyl (C=O) groups is 3. The molecule has 0 aliphatic heterocycles. The van der Waals surface area contributed by atoms with Gasteiger partial charge in [-0.1, -0.05) is 63.3 Å². The summed E-state index contributed by atoms with van der Waals surface area (Å²) in [6.45, 7) is 6.39. The van der Waals surface area contributed by atoms with Gasteiger partial charge in [0.1, 0.15) is 28.5 Å². The van der Waals surface area contributed by atoms with Crippen molar-refractivity contribution in [1.82, 2.24) is 25.3 Å². The number of alkyl carbamates (subject to hydrolysis) is 1. The minimum atomic E-state index is -0.531. The number of pyridine rings is 2. The van der Waals surface area contributed by atoms with Crippen molar-refractivity contribution in [3.8, 4) is 0 Å². The summed E-state index contributed by atoms with van der Waals surface area (Å²) in [5, 5.41) is 4.97. The first-order chi connectivity index (χ1) is 27.6. The second kappa shape index (κ2) is 26.3. The zero-order chi connectivity index (χ0) is 41.6. The molecule has 1 amide bonds. The summed E-state index contributed by atoms with van der Waals surface area (Å²) in [4.78, 5) is 51.4. The molecule has 0 radical (unpaired) electrons. The lowest BCUT2D eigenvalue weighted by Gasteiger charge is -2.20. The number of aryl methyl sites for hydroxylation is 4. The van der Waals surface area contributed by atoms with Gasteiger partial charge in [0, 0.05) is 77.1 Å². The van der Waals surface area contributed by atoms with Crippen LogP contribution in [0.15, 0.2) is 97.6 Å². The molecule has 0 aliphatic carbocycles. The van der Waals surface area contributed by atoms with E-state index in [-0.39, 0.29) is 48.8 Å². The first kappa shape index (κ1) is 49.4. The fourth-order valence-corrected chi connectivity index (χ4v) is 6.27. The lowest BCUT2D eigenvalue weighted by atomic mass is 9.98. The van der Waals surface area contributed by atoms with E-state index in [1.807, 2.05) is 99.9 Å². The van der Waals surface area contributed by atoms with Crippen molar-refractivity contribution in [3.05, 3.63) is 131 Å². The monoisotopic (exact) mass is 856 g/mol. The lowest BCUT2D eigenvalue weighted by molar-refractivity contribution is -0.119. The van der Waals surface area contributed by atoms with Crippen LogP contribution in [0.1, 0.15) is 97.4 Å². The van der Waals surface area contributed by atoms with Gasteiger partial charge in [-0.25, -0.2) is 14.8 Å². The molecule has 0 bridgehead atoms. The van der Waals surface area contributed by atoms with E-state index in [0.717, 1.165) is 57.2 Å². The highest BCUT2D eigenvalue weighted by Crippen LogP contribution is 2.20. The number of hydrogen-bond donors (Lipinski definition) is 4. The van der Waals surface area contributed by atoms with Gasteiger partial charge in [0.15, 0.2) is 0 Å². The summed E-state index contributed by atoms with van der Waals surface area (Å²) >= 11 is 0. The summed E-state index contributed by atoms with van der Waals surface area (Å²) in [7, 11) is 2.50. The largest absolute Gasteiger partial charge is 0.444 e. The van der Waals surface area contributed by atoms with Gasteiger partial charge in [-0.05, 0) is 104 Å². The van der Waals surface area contributed by atoms with Gasteiger partial charge in [-0.15, -0.1) is 37.2 Å². The number of ketones is 2. The van der Waals surface area contributed by atoms with Crippen molar-refractivity contribution in [2.45, 2.75) is 106 Å². The number of hydrogen-bond acceptors (Lipinski definition) is 7. The number of nitrogens with two attached hydrogens (primary N) is 1. The van der Waals surface area contributed by atoms with Gasteiger partial charge in [0.05, 0.1) is 0 Å². The van der Waals surface area contributed by atoms with Crippen LogP contribution in [0.25, 0.3) is 22.1 Å². The number of benzene rings is 2. The van der Waals surface area contributed by atoms with Crippen molar-refractivity contribution in [1.29, 1.82) is 0 Å². The van der Waals surface area contributed by atoms with Crippen molar-refractivity contribution < 1.29 is 21.9 Å². The fraction of sp³-hybridized carbons (Fsp3) is 0.356. The van der Waals surface area contributed by atoms with Crippen LogP contribution in [-0.4, -0.2) is 43.2 Å². The molecule has 0 spiro atoms. The predicted molar refractivity (Wildman–Crippen MR) is 245 cm³/mol. The number of ether oxygens (including phenoxy) is 1. The number of H-pyrrole nitrogens is 2. The highest BCUT2D eigenvalue weighted by atomic mass is 35.5. The zero-order valence-corrected chi connectivity index (χ0v) is 36.6. The second-order valence-corrected chi connectivity index (χ2v) is 14.1. The number of rotatable bonds is 15. The Morgan fingerprint density at radius 1 is 0.638 bits per heavy atom. The molecule has 4 aromatic heterocycles. The van der Waals surface area contributed by atoms with Gasteiger partial charge in [-0.2, -0.15) is 0 Å². The van der Waals surface area contributed by atoms with Gasteiger partial charge in [-0.3, -0.25) is 9.59 Å². The van der Waals surface area contributed by atoms with Crippen molar-refractivity contribution >= 4 is 76.9 Å². The maximum Gasteiger partial charge on any atom is 0.407 e. The van der Waals surface area contributed by atoms with Crippen LogP contribution in [0, 0.1) is 0 Å². The normalized spacial score (nSPS) is 10.5. The summed E-state index contributed by atoms with van der Waals surface area (Å²) in [5.74, 6) is 0.516. The van der Waals surface area contributed by atoms with Gasteiger partial charge < -0.3 is 25.8 Å². The van der Waals surface area contributed by atoms with E-state index in [9.17, 15) is 14.4 Å². The van der Waals surface area contributed by atoms with Crippen LogP contribution >= 0.6 is 37.2 Å². The lowest BCUT2D eigenvalue weighted by Crippen LogP contribution is -2.32. The predicted octanol–water partition coefficient (Wildman–Crippen LogP) is 10.4. The molecule has 6 rings (SSSR count). The summed E-state index contributed by atoms with van der Waals surface area (Å²) in [5.41, 5.74) is 13.6. The molecule has 2 aromatic carbocycles. The number of nitrogens with one attached hydrogen (secondary N) is 3. The molecule has 0 atom stereocenters. The maximum atomic E-state index is 12.5. The van der Waals surface area contributed by atoms with E-state index >= 15 is 0 Å². The third-order valence-corrected chi connectivity index (χ3v) is 9.07. The summed E-state index contributed by atoms with van der Waals surface area (Å²) in [6, 6.07) is 23.9. The quantitative estimate of drug-likeness (QED) is 0.0801. The van der Waals surface area contributed by atoms with Crippen molar-refractivity contribution in [3.63, 3.8) is 0 Å². The molecule has 58 heavy (non-hydrogen) atoms. The molecule has 316 valence electrons. The average Bonchev–Trinajstić information content (AvgIpc) is 3.92. The van der Waals surface area contributed by atoms with Crippen LogP contribution in [-0.2, 0) is 53.1 Å². The molecule has 4 heterocycles. The Morgan fingerprint density at radius 3 is 1.47 bits per heavy atom. The Bertz CT molecular complexity index is 2160. The zero-order valence-electron chi connectivity index (χ0n) is 36.1. The SMILES string of the molecule is CC(C)(C)OC(=O)NCc1ccccc1CCC(=O)CCc1ccnc2[nH]ccc12.Cl.Cl.Cl.NCc1ccccc1CCC(=O)CCc1ccnc2[nH]ccc12.[2H]C.[2H]C. The fourth-order valence-electron chi connectivity index (χ4n) is 6.27. The standard InChI is InChI=1S/C24H29N3O3.C19H21N3O.2CH4.3ClH/c1-24(2,3)30-23(29)27-16-19-7-5-4-6-17(19)8-10-20(28)11-9-18-12-14-25-22-21(18)13-15-26-22;20-13-16-4-2-1-3-14(16)5-7-17(23)8-6-15-9-11-21-19-18(15)10-12-22-19;;;;;/h4-7,12-15H,8-11,16H2,1-3H3,(H,25,26)(H,27,29);1-4,9-12H,5-8,13,20H2,(H,21,22);2*1H4;3*1H/i;;2*1D;;;. The molecular weight excluding hydrogens is 795 g/mol. The van der Waals surface area contributed by atoms with E-state index in [2.05, 4.69) is 31.3 Å². The summed E-state index contributed by atoms with van der Waals surface area (Å²) in [6.07, 6.45) is 11.9. The van der Waals surface area contributed by atoms with Crippen LogP contribution in [0.3, 0.4) is 0 Å². The minimum Gasteiger partial charge on any atom is -0.444 e. The molecule has 6 aromatic rings. The van der Waals surface area contributed by atoms with Crippen LogP contribution < -0.4 is 11.1 Å². The molecule has 0 fully saturated rings. The molecule has 0 aliphatic rings. The molecule has 0 saturated heterocycles. The number of halogens is 3. The van der Waals surface area contributed by atoms with E-state index in [4.69, 9.17) is 13.2 Å². The van der Waals surface area contributed by atoms with Crippen LogP contribution in [0.4, 0.5) is 4.79 Å². The Labute approximate surface area is 365 Å². The molecule has 10 nitrogen and oxygen atoms in total. The molecular formula is C45H61Cl3N6O4.